The van der Waals surface area contributed by atoms with Crippen LogP contribution in [-0.4, -0.2) is 15.9 Å². The highest BCUT2D eigenvalue weighted by Gasteiger charge is 2.09. The van der Waals surface area contributed by atoms with E-state index in [2.05, 4.69) is 21.4 Å². The van der Waals surface area contributed by atoms with Crippen molar-refractivity contribution in [2.45, 2.75) is 13.5 Å². The van der Waals surface area contributed by atoms with Gasteiger partial charge in [0.25, 0.3) is 5.91 Å². The van der Waals surface area contributed by atoms with E-state index in [1.54, 1.807) is 6.20 Å². The average Bonchev–Trinajstić information content (AvgIpc) is 2.92. The molecule has 0 atom stereocenters. The number of hydrogen-bond donors (Lipinski definition) is 2. The number of amides is 1. The van der Waals surface area contributed by atoms with Crippen LogP contribution in [0.1, 0.15) is 21.6 Å². The van der Waals surface area contributed by atoms with E-state index < -0.39 is 0 Å². The molecular formula is C16H15N3O. The Morgan fingerprint density at radius 1 is 1.30 bits per heavy atom. The first-order valence-electron chi connectivity index (χ1n) is 6.50. The van der Waals surface area contributed by atoms with Crippen LogP contribution in [0.4, 0.5) is 0 Å². The van der Waals surface area contributed by atoms with Crippen molar-refractivity contribution in [1.29, 1.82) is 0 Å². The molecular weight excluding hydrogens is 250 g/mol. The highest BCUT2D eigenvalue weighted by Crippen LogP contribution is 2.14. The third-order valence-electron chi connectivity index (χ3n) is 3.30. The summed E-state index contributed by atoms with van der Waals surface area (Å²) in [7, 11) is 0. The van der Waals surface area contributed by atoms with Gasteiger partial charge in [0.1, 0.15) is 5.69 Å². The molecule has 1 amide bonds. The summed E-state index contributed by atoms with van der Waals surface area (Å²) in [5, 5.41) is 4.05. The summed E-state index contributed by atoms with van der Waals surface area (Å²) >= 11 is 0. The minimum Gasteiger partial charge on any atom is -0.361 e. The van der Waals surface area contributed by atoms with Gasteiger partial charge in [0, 0.05) is 24.5 Å². The van der Waals surface area contributed by atoms with Gasteiger partial charge >= 0.3 is 0 Å². The van der Waals surface area contributed by atoms with Gasteiger partial charge in [-0.05, 0) is 47.7 Å². The molecule has 0 spiro atoms. The van der Waals surface area contributed by atoms with E-state index in [1.807, 2.05) is 43.5 Å². The van der Waals surface area contributed by atoms with Crippen molar-refractivity contribution < 1.29 is 4.79 Å². The number of carbonyl (C=O) groups is 1. The summed E-state index contributed by atoms with van der Waals surface area (Å²) in [6.45, 7) is 2.38. The van der Waals surface area contributed by atoms with Gasteiger partial charge in [0.15, 0.2) is 0 Å². The Balaban J connectivity index is 1.73. The number of aryl methyl sites for hydroxylation is 1. The third-order valence-corrected chi connectivity index (χ3v) is 3.30. The number of aromatic amines is 1. The van der Waals surface area contributed by atoms with E-state index in [0.717, 1.165) is 22.0 Å². The zero-order chi connectivity index (χ0) is 13.9. The van der Waals surface area contributed by atoms with Gasteiger partial charge in [-0.3, -0.25) is 9.78 Å². The molecule has 4 nitrogen and oxygen atoms in total. The quantitative estimate of drug-likeness (QED) is 0.765. The normalized spacial score (nSPS) is 10.7. The Labute approximate surface area is 116 Å². The van der Waals surface area contributed by atoms with Crippen LogP contribution in [0.5, 0.6) is 0 Å². The summed E-state index contributed by atoms with van der Waals surface area (Å²) in [4.78, 5) is 19.3. The predicted octanol–water partition coefficient (Wildman–Crippen LogP) is 2.80. The number of H-pyrrole nitrogens is 1. The Hall–Kier alpha value is -2.62. The third kappa shape index (κ3) is 2.40. The van der Waals surface area contributed by atoms with Gasteiger partial charge in [0.2, 0.25) is 0 Å². The number of pyridine rings is 1. The molecule has 0 aliphatic heterocycles. The lowest BCUT2D eigenvalue weighted by Crippen LogP contribution is -2.24. The van der Waals surface area contributed by atoms with Crippen molar-refractivity contribution in [1.82, 2.24) is 15.3 Å². The first-order chi connectivity index (χ1) is 9.74. The zero-order valence-corrected chi connectivity index (χ0v) is 11.2. The predicted molar refractivity (Wildman–Crippen MR) is 78.4 cm³/mol. The Bertz CT molecular complexity index is 761. The SMILES string of the molecule is Cc1cccnc1C(=O)NCc1ccc2[nH]ccc2c1. The van der Waals surface area contributed by atoms with Crippen LogP contribution in [0.3, 0.4) is 0 Å². The molecule has 0 unspecified atom stereocenters. The summed E-state index contributed by atoms with van der Waals surface area (Å²) in [6.07, 6.45) is 3.54. The highest BCUT2D eigenvalue weighted by atomic mass is 16.1. The minimum absolute atomic E-state index is 0.141. The number of benzene rings is 1. The molecule has 0 aliphatic rings. The average molecular weight is 265 g/mol. The smallest absolute Gasteiger partial charge is 0.270 e. The van der Waals surface area contributed by atoms with Crippen molar-refractivity contribution in [2.75, 3.05) is 0 Å². The second-order valence-corrected chi connectivity index (χ2v) is 4.75. The first kappa shape index (κ1) is 12.4. The standard InChI is InChI=1S/C16H15N3O/c1-11-3-2-7-18-15(11)16(20)19-10-12-4-5-14-13(9-12)6-8-17-14/h2-9,17H,10H2,1H3,(H,19,20). The largest absolute Gasteiger partial charge is 0.361 e. The molecule has 20 heavy (non-hydrogen) atoms. The molecule has 0 bridgehead atoms. The van der Waals surface area contributed by atoms with Gasteiger partial charge in [-0.25, -0.2) is 0 Å². The maximum Gasteiger partial charge on any atom is 0.270 e. The van der Waals surface area contributed by atoms with Crippen LogP contribution >= 0.6 is 0 Å². The van der Waals surface area contributed by atoms with Crippen LogP contribution in [0, 0.1) is 6.92 Å². The van der Waals surface area contributed by atoms with Crippen molar-refractivity contribution >= 4 is 16.8 Å². The second kappa shape index (κ2) is 5.17. The van der Waals surface area contributed by atoms with Gasteiger partial charge in [-0.15, -0.1) is 0 Å². The summed E-state index contributed by atoms with van der Waals surface area (Å²) < 4.78 is 0. The summed E-state index contributed by atoms with van der Waals surface area (Å²) in [6, 6.07) is 11.8. The molecule has 0 saturated carbocycles. The fraction of sp³-hybridized carbons (Fsp3) is 0.125. The van der Waals surface area contributed by atoms with Crippen LogP contribution in [0.25, 0.3) is 10.9 Å². The fourth-order valence-corrected chi connectivity index (χ4v) is 2.20. The lowest BCUT2D eigenvalue weighted by molar-refractivity contribution is 0.0945. The van der Waals surface area contributed by atoms with Crippen LogP contribution in [0.2, 0.25) is 0 Å². The molecule has 3 rings (SSSR count). The monoisotopic (exact) mass is 265 g/mol. The molecule has 4 heteroatoms. The highest BCUT2D eigenvalue weighted by molar-refractivity contribution is 5.93. The van der Waals surface area contributed by atoms with Gasteiger partial charge in [-0.2, -0.15) is 0 Å². The fourth-order valence-electron chi connectivity index (χ4n) is 2.20. The van der Waals surface area contributed by atoms with E-state index in [-0.39, 0.29) is 5.91 Å². The number of nitrogens with zero attached hydrogens (tertiary/aromatic N) is 1. The molecule has 0 fully saturated rings. The lowest BCUT2D eigenvalue weighted by atomic mass is 10.1. The van der Waals surface area contributed by atoms with Crippen molar-refractivity contribution in [3.63, 3.8) is 0 Å². The van der Waals surface area contributed by atoms with Crippen molar-refractivity contribution in [3.8, 4) is 0 Å². The Morgan fingerprint density at radius 2 is 2.20 bits per heavy atom. The molecule has 0 radical (unpaired) electrons. The number of hydrogen-bond acceptors (Lipinski definition) is 2. The molecule has 1 aromatic carbocycles. The lowest BCUT2D eigenvalue weighted by Gasteiger charge is -2.07. The van der Waals surface area contributed by atoms with Gasteiger partial charge in [0.05, 0.1) is 0 Å². The van der Waals surface area contributed by atoms with Crippen LogP contribution in [-0.2, 0) is 6.54 Å². The summed E-state index contributed by atoms with van der Waals surface area (Å²) in [5.74, 6) is -0.141. The van der Waals surface area contributed by atoms with Gasteiger partial charge in [-0.1, -0.05) is 12.1 Å². The number of rotatable bonds is 3. The maximum atomic E-state index is 12.1. The Morgan fingerprint density at radius 3 is 3.05 bits per heavy atom. The molecule has 2 aromatic heterocycles. The van der Waals surface area contributed by atoms with E-state index in [9.17, 15) is 4.79 Å². The number of nitrogens with one attached hydrogen (secondary N) is 2. The van der Waals surface area contributed by atoms with E-state index in [0.29, 0.717) is 12.2 Å². The summed E-state index contributed by atoms with van der Waals surface area (Å²) in [5.41, 5.74) is 3.53. The molecule has 2 heterocycles. The first-order valence-corrected chi connectivity index (χ1v) is 6.50. The minimum atomic E-state index is -0.141. The van der Waals surface area contributed by atoms with E-state index >= 15 is 0 Å². The zero-order valence-electron chi connectivity index (χ0n) is 11.2. The van der Waals surface area contributed by atoms with Crippen LogP contribution in [0.15, 0.2) is 48.8 Å². The number of carbonyl (C=O) groups excluding carboxylic acids is 1. The van der Waals surface area contributed by atoms with E-state index in [1.165, 1.54) is 0 Å². The number of aromatic nitrogens is 2. The Kier molecular flexibility index (Phi) is 3.21. The molecule has 3 aromatic rings. The van der Waals surface area contributed by atoms with E-state index in [4.69, 9.17) is 0 Å². The van der Waals surface area contributed by atoms with Gasteiger partial charge < -0.3 is 10.3 Å². The second-order valence-electron chi connectivity index (χ2n) is 4.75. The number of fused-ring (bicyclic) bond motifs is 1. The molecule has 0 aliphatic carbocycles. The molecule has 100 valence electrons. The molecule has 0 saturated heterocycles. The maximum absolute atomic E-state index is 12.1. The topological polar surface area (TPSA) is 57.8 Å². The van der Waals surface area contributed by atoms with Crippen molar-refractivity contribution in [2.24, 2.45) is 0 Å². The van der Waals surface area contributed by atoms with Crippen LogP contribution < -0.4 is 5.32 Å². The van der Waals surface area contributed by atoms with Crippen molar-refractivity contribution in [3.05, 3.63) is 65.6 Å². The molecule has 2 N–H and O–H groups in total.